The number of halogens is 1. The van der Waals surface area contributed by atoms with Gasteiger partial charge in [-0.25, -0.2) is 4.79 Å². The van der Waals surface area contributed by atoms with E-state index in [4.69, 9.17) is 11.6 Å². The third-order valence-electron chi connectivity index (χ3n) is 3.54. The van der Waals surface area contributed by atoms with Crippen LogP contribution in [-0.2, 0) is 4.79 Å². The van der Waals surface area contributed by atoms with E-state index in [1.165, 1.54) is 6.07 Å². The maximum atomic E-state index is 12.1. The van der Waals surface area contributed by atoms with E-state index < -0.39 is 33.8 Å². The second kappa shape index (κ2) is 5.84. The van der Waals surface area contributed by atoms with Crippen molar-refractivity contribution in [1.82, 2.24) is 10.3 Å². The van der Waals surface area contributed by atoms with E-state index in [-0.39, 0.29) is 10.6 Å². The lowest BCUT2D eigenvalue weighted by molar-refractivity contribution is -0.385. The van der Waals surface area contributed by atoms with Gasteiger partial charge in [0.25, 0.3) is 5.91 Å². The number of benzene rings is 1. The Morgan fingerprint density at radius 2 is 2.17 bits per heavy atom. The summed E-state index contributed by atoms with van der Waals surface area (Å²) in [6, 6.07) is 1.49. The Hall–Kier alpha value is -2.68. The highest BCUT2D eigenvalue weighted by molar-refractivity contribution is 6.31. The van der Waals surface area contributed by atoms with Gasteiger partial charge in [-0.2, -0.15) is 5.10 Å². The number of carbonyl (C=O) groups is 2. The SMILES string of the molecule is CCC1(C)NC(=O)N(/N=C/c2cc(Cl)cc([N+](=O)[O-])c2O)C1=O. The summed E-state index contributed by atoms with van der Waals surface area (Å²) >= 11 is 5.75. The van der Waals surface area contributed by atoms with Gasteiger partial charge in [0.2, 0.25) is 5.75 Å². The zero-order chi connectivity index (χ0) is 17.4. The molecule has 0 saturated carbocycles. The van der Waals surface area contributed by atoms with E-state index in [0.29, 0.717) is 11.4 Å². The Morgan fingerprint density at radius 1 is 1.52 bits per heavy atom. The lowest BCUT2D eigenvalue weighted by Crippen LogP contribution is -2.42. The lowest BCUT2D eigenvalue weighted by Gasteiger charge is -2.17. The molecule has 1 aromatic rings. The molecule has 0 bridgehead atoms. The van der Waals surface area contributed by atoms with Gasteiger partial charge in [-0.15, -0.1) is 5.01 Å². The summed E-state index contributed by atoms with van der Waals surface area (Å²) < 4.78 is 0. The van der Waals surface area contributed by atoms with Gasteiger partial charge in [-0.1, -0.05) is 18.5 Å². The Bertz CT molecular complexity index is 735. The average Bonchev–Trinajstić information content (AvgIpc) is 2.70. The topological polar surface area (TPSA) is 125 Å². The van der Waals surface area contributed by atoms with E-state index in [0.717, 1.165) is 12.3 Å². The number of aromatic hydroxyl groups is 1. The van der Waals surface area contributed by atoms with Crippen LogP contribution in [0.3, 0.4) is 0 Å². The van der Waals surface area contributed by atoms with Crippen LogP contribution in [-0.4, -0.2) is 38.7 Å². The quantitative estimate of drug-likeness (QED) is 0.375. The number of nitrogens with one attached hydrogen (secondary N) is 1. The molecule has 1 atom stereocenters. The van der Waals surface area contributed by atoms with Crippen LogP contribution in [0.4, 0.5) is 10.5 Å². The molecular formula is C13H13ClN4O5. The monoisotopic (exact) mass is 340 g/mol. The number of imide groups is 1. The normalized spacial score (nSPS) is 21.1. The average molecular weight is 341 g/mol. The summed E-state index contributed by atoms with van der Waals surface area (Å²) in [5, 5.41) is 27.5. The van der Waals surface area contributed by atoms with E-state index >= 15 is 0 Å². The fourth-order valence-corrected chi connectivity index (χ4v) is 2.20. The first-order valence-corrected chi connectivity index (χ1v) is 6.95. The highest BCUT2D eigenvalue weighted by Crippen LogP contribution is 2.32. The minimum Gasteiger partial charge on any atom is -0.502 e. The Morgan fingerprint density at radius 3 is 2.70 bits per heavy atom. The van der Waals surface area contributed by atoms with Crippen LogP contribution >= 0.6 is 11.6 Å². The van der Waals surface area contributed by atoms with Gasteiger partial charge in [0.1, 0.15) is 5.54 Å². The number of phenols is 1. The molecule has 3 amide bonds. The number of hydrogen-bond donors (Lipinski definition) is 2. The number of nitrogens with zero attached hydrogens (tertiary/aromatic N) is 3. The zero-order valence-electron chi connectivity index (χ0n) is 12.2. The summed E-state index contributed by atoms with van der Waals surface area (Å²) in [6.07, 6.45) is 1.34. The lowest BCUT2D eigenvalue weighted by atomic mass is 10.00. The van der Waals surface area contributed by atoms with Gasteiger partial charge in [0, 0.05) is 16.7 Å². The molecule has 1 aromatic carbocycles. The number of phenolic OH excluding ortho intramolecular Hbond substituents is 1. The second-order valence-electron chi connectivity index (χ2n) is 5.10. The molecule has 2 rings (SSSR count). The molecule has 1 aliphatic heterocycles. The van der Waals surface area contributed by atoms with E-state index in [9.17, 15) is 24.8 Å². The predicted octanol–water partition coefficient (Wildman–Crippen LogP) is 2.01. The van der Waals surface area contributed by atoms with Crippen LogP contribution in [0.5, 0.6) is 5.75 Å². The van der Waals surface area contributed by atoms with Crippen molar-refractivity contribution >= 4 is 35.4 Å². The highest BCUT2D eigenvalue weighted by atomic mass is 35.5. The van der Waals surface area contributed by atoms with Crippen LogP contribution in [0.25, 0.3) is 0 Å². The maximum Gasteiger partial charge on any atom is 0.346 e. The Kier molecular flexibility index (Phi) is 4.24. The van der Waals surface area contributed by atoms with Crippen molar-refractivity contribution in [1.29, 1.82) is 0 Å². The van der Waals surface area contributed by atoms with E-state index in [1.54, 1.807) is 13.8 Å². The molecular weight excluding hydrogens is 328 g/mol. The number of hydrogen-bond acceptors (Lipinski definition) is 6. The molecule has 1 heterocycles. The van der Waals surface area contributed by atoms with Gasteiger partial charge < -0.3 is 10.4 Å². The molecule has 0 radical (unpaired) electrons. The van der Waals surface area contributed by atoms with Crippen molar-refractivity contribution in [3.05, 3.63) is 32.8 Å². The number of nitro groups is 1. The predicted molar refractivity (Wildman–Crippen MR) is 81.4 cm³/mol. The minimum absolute atomic E-state index is 0.00606. The summed E-state index contributed by atoms with van der Waals surface area (Å²) in [6.45, 7) is 3.29. The molecule has 0 spiro atoms. The summed E-state index contributed by atoms with van der Waals surface area (Å²) in [7, 11) is 0. The molecule has 122 valence electrons. The van der Waals surface area contributed by atoms with Gasteiger partial charge in [0.15, 0.2) is 0 Å². The largest absolute Gasteiger partial charge is 0.502 e. The van der Waals surface area contributed by atoms with Crippen LogP contribution in [0.15, 0.2) is 17.2 Å². The molecule has 1 unspecified atom stereocenters. The van der Waals surface area contributed by atoms with Gasteiger partial charge >= 0.3 is 11.7 Å². The third-order valence-corrected chi connectivity index (χ3v) is 3.76. The first-order chi connectivity index (χ1) is 10.7. The van der Waals surface area contributed by atoms with Gasteiger partial charge in [0.05, 0.1) is 11.1 Å². The van der Waals surface area contributed by atoms with Crippen molar-refractivity contribution in [3.8, 4) is 5.75 Å². The van der Waals surface area contributed by atoms with Crippen molar-refractivity contribution in [2.75, 3.05) is 0 Å². The van der Waals surface area contributed by atoms with Crippen LogP contribution in [0.1, 0.15) is 25.8 Å². The molecule has 0 aliphatic carbocycles. The van der Waals surface area contributed by atoms with Crippen molar-refractivity contribution in [3.63, 3.8) is 0 Å². The van der Waals surface area contributed by atoms with Crippen LogP contribution in [0, 0.1) is 10.1 Å². The van der Waals surface area contributed by atoms with Crippen LogP contribution < -0.4 is 5.32 Å². The second-order valence-corrected chi connectivity index (χ2v) is 5.53. The number of carbonyl (C=O) groups excluding carboxylic acids is 2. The first kappa shape index (κ1) is 16.7. The minimum atomic E-state index is -1.06. The first-order valence-electron chi connectivity index (χ1n) is 6.57. The van der Waals surface area contributed by atoms with Crippen molar-refractivity contribution in [2.24, 2.45) is 5.10 Å². The molecule has 9 nitrogen and oxygen atoms in total. The van der Waals surface area contributed by atoms with Crippen molar-refractivity contribution in [2.45, 2.75) is 25.8 Å². The van der Waals surface area contributed by atoms with E-state index in [2.05, 4.69) is 10.4 Å². The molecule has 2 N–H and O–H groups in total. The van der Waals surface area contributed by atoms with Crippen LogP contribution in [0.2, 0.25) is 5.02 Å². The number of amides is 3. The fourth-order valence-electron chi connectivity index (χ4n) is 1.98. The Labute approximate surface area is 135 Å². The number of nitro benzene ring substituents is 1. The van der Waals surface area contributed by atoms with E-state index in [1.807, 2.05) is 0 Å². The maximum absolute atomic E-state index is 12.1. The standard InChI is InChI=1S/C13H13ClN4O5/c1-3-13(2)11(20)17(12(21)16-13)15-6-7-4-8(14)5-9(10(7)19)18(22)23/h4-6,19H,3H2,1-2H3,(H,16,21)/b15-6+. The fraction of sp³-hybridized carbons (Fsp3) is 0.308. The molecule has 23 heavy (non-hydrogen) atoms. The number of hydrazone groups is 1. The summed E-state index contributed by atoms with van der Waals surface area (Å²) in [5.74, 6) is -1.22. The zero-order valence-corrected chi connectivity index (χ0v) is 13.0. The van der Waals surface area contributed by atoms with Gasteiger partial charge in [-0.05, 0) is 19.4 Å². The number of urea groups is 1. The Balaban J connectivity index is 2.36. The molecule has 1 saturated heterocycles. The third kappa shape index (κ3) is 2.95. The molecule has 0 aromatic heterocycles. The number of rotatable bonds is 4. The summed E-state index contributed by atoms with van der Waals surface area (Å²) in [4.78, 5) is 34.0. The molecule has 1 fully saturated rings. The smallest absolute Gasteiger partial charge is 0.346 e. The summed E-state index contributed by atoms with van der Waals surface area (Å²) in [5.41, 5.74) is -1.75. The van der Waals surface area contributed by atoms with Gasteiger partial charge in [-0.3, -0.25) is 14.9 Å². The molecule has 1 aliphatic rings. The highest BCUT2D eigenvalue weighted by Gasteiger charge is 2.46. The molecule has 10 heteroatoms. The van der Waals surface area contributed by atoms with Crippen molar-refractivity contribution < 1.29 is 19.6 Å².